The predicted molar refractivity (Wildman–Crippen MR) is 99.8 cm³/mol. The van der Waals surface area contributed by atoms with Crippen LogP contribution >= 0.6 is 0 Å². The van der Waals surface area contributed by atoms with Crippen LogP contribution in [0.2, 0.25) is 0 Å². The van der Waals surface area contributed by atoms with Gasteiger partial charge >= 0.3 is 5.22 Å². The van der Waals surface area contributed by atoms with Gasteiger partial charge in [0.15, 0.2) is 5.58 Å². The molecular weight excluding hydrogens is 406 g/mol. The normalized spacial score (nSPS) is 12.5. The van der Waals surface area contributed by atoms with E-state index in [9.17, 15) is 21.4 Å². The summed E-state index contributed by atoms with van der Waals surface area (Å²) >= 11 is 0. The number of ether oxygens (including phenoxy) is 1. The summed E-state index contributed by atoms with van der Waals surface area (Å²) in [5.41, 5.74) is 0.105. The summed E-state index contributed by atoms with van der Waals surface area (Å²) in [5.74, 6) is 0.486. The van der Waals surface area contributed by atoms with Crippen LogP contribution in [0.15, 0.2) is 74.0 Å². The molecule has 0 saturated carbocycles. The Morgan fingerprint density at radius 2 is 1.61 bits per heavy atom. The summed E-state index contributed by atoms with van der Waals surface area (Å²) in [6.07, 6.45) is 0. The standard InChI is InChI=1S/C18H13NO7S2/c1-25-11-6-8-12(9-7-11)27(20,21)18-19-17-14-5-3-2-4-13(14)16(28(22,23)24)10-15(17)26-18/h2-10H,1H3,(H,22,23,24). The highest BCUT2D eigenvalue weighted by atomic mass is 32.2. The van der Waals surface area contributed by atoms with Crippen molar-refractivity contribution >= 4 is 41.8 Å². The van der Waals surface area contributed by atoms with Crippen LogP contribution in [0, 0.1) is 0 Å². The second-order valence-corrected chi connectivity index (χ2v) is 9.12. The summed E-state index contributed by atoms with van der Waals surface area (Å²) in [5, 5.41) is -0.0305. The van der Waals surface area contributed by atoms with Gasteiger partial charge in [0.05, 0.1) is 12.0 Å². The molecule has 0 unspecified atom stereocenters. The average molecular weight is 419 g/mol. The summed E-state index contributed by atoms with van der Waals surface area (Å²) in [7, 11) is -7.19. The molecule has 0 saturated heterocycles. The number of oxazole rings is 1. The van der Waals surface area contributed by atoms with E-state index in [1.807, 2.05) is 0 Å². The number of methoxy groups -OCH3 is 1. The van der Waals surface area contributed by atoms with E-state index in [1.54, 1.807) is 18.2 Å². The molecule has 0 aliphatic rings. The molecule has 8 nitrogen and oxygen atoms in total. The zero-order valence-electron chi connectivity index (χ0n) is 14.4. The molecule has 3 aromatic carbocycles. The SMILES string of the molecule is COc1ccc(S(=O)(=O)c2nc3c(cc(S(=O)(=O)O)c4ccccc43)o2)cc1. The van der Waals surface area contributed by atoms with Crippen molar-refractivity contribution in [3.8, 4) is 5.75 Å². The van der Waals surface area contributed by atoms with Crippen molar-refractivity contribution in [2.24, 2.45) is 0 Å². The van der Waals surface area contributed by atoms with Gasteiger partial charge in [0.1, 0.15) is 16.2 Å². The van der Waals surface area contributed by atoms with Crippen molar-refractivity contribution < 1.29 is 30.5 Å². The molecule has 28 heavy (non-hydrogen) atoms. The Hall–Kier alpha value is -2.95. The summed E-state index contributed by atoms with van der Waals surface area (Å²) in [6.45, 7) is 0. The van der Waals surface area contributed by atoms with Crippen LogP contribution in [-0.4, -0.2) is 33.5 Å². The molecule has 10 heteroatoms. The lowest BCUT2D eigenvalue weighted by molar-refractivity contribution is 0.414. The fourth-order valence-electron chi connectivity index (χ4n) is 2.89. The van der Waals surface area contributed by atoms with Crippen LogP contribution in [0.1, 0.15) is 0 Å². The molecule has 1 heterocycles. The van der Waals surface area contributed by atoms with Crippen LogP contribution in [-0.2, 0) is 20.0 Å². The number of benzene rings is 3. The third-order valence-electron chi connectivity index (χ3n) is 4.22. The van der Waals surface area contributed by atoms with E-state index >= 15 is 0 Å². The Bertz CT molecular complexity index is 1420. The molecule has 0 fully saturated rings. The van der Waals surface area contributed by atoms with E-state index in [4.69, 9.17) is 9.15 Å². The van der Waals surface area contributed by atoms with Gasteiger partial charge in [0, 0.05) is 16.8 Å². The number of rotatable bonds is 4. The van der Waals surface area contributed by atoms with Crippen LogP contribution in [0.4, 0.5) is 0 Å². The Morgan fingerprint density at radius 1 is 0.964 bits per heavy atom. The van der Waals surface area contributed by atoms with Crippen molar-refractivity contribution in [2.75, 3.05) is 7.11 Å². The molecule has 0 radical (unpaired) electrons. The third-order valence-corrected chi connectivity index (χ3v) is 6.64. The first-order chi connectivity index (χ1) is 13.2. The quantitative estimate of drug-likeness (QED) is 0.501. The minimum Gasteiger partial charge on any atom is -0.497 e. The Balaban J connectivity index is 1.98. The van der Waals surface area contributed by atoms with Crippen LogP contribution < -0.4 is 4.74 Å². The maximum Gasteiger partial charge on any atom is 0.321 e. The highest BCUT2D eigenvalue weighted by Gasteiger charge is 2.27. The second kappa shape index (κ2) is 6.30. The van der Waals surface area contributed by atoms with Gasteiger partial charge in [0.2, 0.25) is 0 Å². The topological polar surface area (TPSA) is 124 Å². The van der Waals surface area contributed by atoms with Gasteiger partial charge in [-0.25, -0.2) is 8.42 Å². The number of hydrogen-bond donors (Lipinski definition) is 1. The van der Waals surface area contributed by atoms with Crippen molar-refractivity contribution in [1.82, 2.24) is 4.98 Å². The smallest absolute Gasteiger partial charge is 0.321 e. The van der Waals surface area contributed by atoms with Crippen molar-refractivity contribution in [1.29, 1.82) is 0 Å². The molecule has 0 aliphatic heterocycles. The highest BCUT2D eigenvalue weighted by molar-refractivity contribution is 7.91. The van der Waals surface area contributed by atoms with Crippen molar-refractivity contribution in [3.05, 3.63) is 54.6 Å². The molecule has 1 N–H and O–H groups in total. The third kappa shape index (κ3) is 2.91. The van der Waals surface area contributed by atoms with E-state index in [1.165, 1.54) is 37.4 Å². The first-order valence-electron chi connectivity index (χ1n) is 7.91. The molecule has 0 amide bonds. The van der Waals surface area contributed by atoms with Gasteiger partial charge in [-0.15, -0.1) is 0 Å². The van der Waals surface area contributed by atoms with Crippen LogP contribution in [0.25, 0.3) is 21.9 Å². The molecule has 0 aliphatic carbocycles. The zero-order valence-corrected chi connectivity index (χ0v) is 16.0. The summed E-state index contributed by atoms with van der Waals surface area (Å²) < 4.78 is 69.1. The van der Waals surface area contributed by atoms with E-state index < -0.39 is 25.2 Å². The Morgan fingerprint density at radius 3 is 2.21 bits per heavy atom. The first kappa shape index (κ1) is 18.4. The first-order valence-corrected chi connectivity index (χ1v) is 10.8. The van der Waals surface area contributed by atoms with Gasteiger partial charge in [-0.05, 0) is 24.3 Å². The van der Waals surface area contributed by atoms with E-state index in [0.29, 0.717) is 11.1 Å². The predicted octanol–water partition coefficient (Wildman–Crippen LogP) is 3.07. The van der Waals surface area contributed by atoms with Crippen molar-refractivity contribution in [3.63, 3.8) is 0 Å². The van der Waals surface area contributed by atoms with E-state index in [0.717, 1.165) is 6.07 Å². The summed E-state index contributed by atoms with van der Waals surface area (Å²) in [6, 6.07) is 13.0. The maximum atomic E-state index is 12.9. The lowest BCUT2D eigenvalue weighted by Crippen LogP contribution is -2.02. The minimum atomic E-state index is -4.56. The number of aromatic nitrogens is 1. The fourth-order valence-corrected chi connectivity index (χ4v) is 4.71. The van der Waals surface area contributed by atoms with E-state index in [2.05, 4.69) is 4.98 Å². The number of nitrogens with zero attached hydrogens (tertiary/aromatic N) is 1. The summed E-state index contributed by atoms with van der Waals surface area (Å²) in [4.78, 5) is 3.65. The molecule has 4 rings (SSSR count). The molecule has 144 valence electrons. The van der Waals surface area contributed by atoms with Crippen LogP contribution in [0.5, 0.6) is 5.75 Å². The molecular formula is C18H13NO7S2. The minimum absolute atomic E-state index is 0.0563. The van der Waals surface area contributed by atoms with Gasteiger partial charge < -0.3 is 9.15 Å². The van der Waals surface area contributed by atoms with Gasteiger partial charge in [-0.2, -0.15) is 13.4 Å². The zero-order chi connectivity index (χ0) is 20.1. The fraction of sp³-hybridized carbons (Fsp3) is 0.0556. The molecule has 0 bridgehead atoms. The lowest BCUT2D eigenvalue weighted by Gasteiger charge is -2.03. The second-order valence-electron chi connectivity index (χ2n) is 5.90. The largest absolute Gasteiger partial charge is 0.497 e. The van der Waals surface area contributed by atoms with Crippen molar-refractivity contribution in [2.45, 2.75) is 15.0 Å². The van der Waals surface area contributed by atoms with Gasteiger partial charge in [0.25, 0.3) is 20.0 Å². The average Bonchev–Trinajstić information content (AvgIpc) is 3.12. The molecule has 0 spiro atoms. The monoisotopic (exact) mass is 419 g/mol. The van der Waals surface area contributed by atoms with Gasteiger partial charge in [-0.3, -0.25) is 4.55 Å². The number of fused-ring (bicyclic) bond motifs is 3. The Labute approximate surface area is 160 Å². The maximum absolute atomic E-state index is 12.9. The van der Waals surface area contributed by atoms with E-state index in [-0.39, 0.29) is 26.3 Å². The highest BCUT2D eigenvalue weighted by Crippen LogP contribution is 2.33. The lowest BCUT2D eigenvalue weighted by atomic mass is 10.1. The van der Waals surface area contributed by atoms with Crippen LogP contribution in [0.3, 0.4) is 0 Å². The number of hydrogen-bond acceptors (Lipinski definition) is 7. The molecule has 1 aromatic heterocycles. The van der Waals surface area contributed by atoms with Gasteiger partial charge in [-0.1, -0.05) is 24.3 Å². The Kier molecular flexibility index (Phi) is 4.14. The number of sulfone groups is 1. The molecule has 4 aromatic rings. The molecule has 0 atom stereocenters.